The van der Waals surface area contributed by atoms with Crippen molar-refractivity contribution in [1.82, 2.24) is 5.32 Å². The van der Waals surface area contributed by atoms with Crippen molar-refractivity contribution in [2.24, 2.45) is 0 Å². The number of benzene rings is 1. The molecule has 2 N–H and O–H groups in total. The molecular weight excluding hydrogens is 385 g/mol. The number of amides is 1. The van der Waals surface area contributed by atoms with Crippen LogP contribution in [-0.4, -0.2) is 48.8 Å². The lowest BCUT2D eigenvalue weighted by molar-refractivity contribution is 0.00578. The zero-order valence-corrected chi connectivity index (χ0v) is 19.3. The third kappa shape index (κ3) is 6.00. The molecule has 1 fully saturated rings. The summed E-state index contributed by atoms with van der Waals surface area (Å²) in [7, 11) is 0.926. The first kappa shape index (κ1) is 24.2. The van der Waals surface area contributed by atoms with Gasteiger partial charge in [-0.2, -0.15) is 0 Å². The summed E-state index contributed by atoms with van der Waals surface area (Å²) in [5, 5.41) is 12.2. The highest BCUT2D eigenvalue weighted by atomic mass is 16.7. The molecule has 1 aliphatic heterocycles. The molecule has 2 rings (SSSR count). The molecule has 1 aromatic rings. The van der Waals surface area contributed by atoms with E-state index in [-0.39, 0.29) is 13.2 Å². The highest BCUT2D eigenvalue weighted by Gasteiger charge is 2.52. The number of carbonyl (C=O) groups is 1. The van der Waals surface area contributed by atoms with Crippen LogP contribution in [0.4, 0.5) is 4.79 Å². The fraction of sp³-hybridized carbons (Fsp3) is 0.591. The average Bonchev–Trinajstić information content (AvgIpc) is 2.84. The molecule has 0 saturated carbocycles. The summed E-state index contributed by atoms with van der Waals surface area (Å²) in [6.07, 6.45) is 1.38. The van der Waals surface area contributed by atoms with Crippen LogP contribution in [0.25, 0.3) is 6.08 Å². The van der Waals surface area contributed by atoms with Crippen LogP contribution in [0.3, 0.4) is 0 Å². The molecule has 7 nitrogen and oxygen atoms in total. The van der Waals surface area contributed by atoms with Crippen molar-refractivity contribution in [2.45, 2.75) is 71.9 Å². The Kier molecular flexibility index (Phi) is 7.27. The van der Waals surface area contributed by atoms with Gasteiger partial charge in [-0.15, -0.1) is 0 Å². The van der Waals surface area contributed by atoms with Crippen LogP contribution in [0.1, 0.15) is 59.6 Å². The first-order valence-electron chi connectivity index (χ1n) is 10.1. The van der Waals surface area contributed by atoms with Gasteiger partial charge in [0.1, 0.15) is 11.4 Å². The number of rotatable bonds is 6. The largest absolute Gasteiger partial charge is 0.496 e. The first-order valence-corrected chi connectivity index (χ1v) is 10.1. The predicted octanol–water partition coefficient (Wildman–Crippen LogP) is 3.73. The van der Waals surface area contributed by atoms with E-state index in [0.717, 1.165) is 11.0 Å². The van der Waals surface area contributed by atoms with Gasteiger partial charge in [-0.3, -0.25) is 0 Å². The molecule has 0 radical (unpaired) electrons. The summed E-state index contributed by atoms with van der Waals surface area (Å²) >= 11 is 0. The molecule has 166 valence electrons. The summed E-state index contributed by atoms with van der Waals surface area (Å²) in [5.41, 5.74) is 0.644. The highest BCUT2D eigenvalue weighted by Crippen LogP contribution is 2.39. The van der Waals surface area contributed by atoms with Gasteiger partial charge in [0.25, 0.3) is 0 Å². The Morgan fingerprint density at radius 3 is 2.30 bits per heavy atom. The number of carbonyl (C=O) groups excluding carboxylic acids is 1. The monoisotopic (exact) mass is 419 g/mol. The summed E-state index contributed by atoms with van der Waals surface area (Å²) in [5.74, 6) is 0.583. The number of ether oxygens (including phenoxy) is 2. The van der Waals surface area contributed by atoms with Crippen molar-refractivity contribution in [3.8, 4) is 5.75 Å². The van der Waals surface area contributed by atoms with E-state index in [1.54, 1.807) is 13.2 Å². The molecule has 1 saturated heterocycles. The second-order valence-electron chi connectivity index (χ2n) is 9.39. The Balaban J connectivity index is 2.32. The number of alkyl carbamates (subject to hydrolysis) is 1. The molecule has 0 aromatic heterocycles. The zero-order valence-electron chi connectivity index (χ0n) is 19.3. The van der Waals surface area contributed by atoms with E-state index in [0.29, 0.717) is 11.3 Å². The van der Waals surface area contributed by atoms with E-state index in [1.807, 2.05) is 66.7 Å². The maximum absolute atomic E-state index is 12.2. The van der Waals surface area contributed by atoms with E-state index in [2.05, 4.69) is 5.32 Å². The second-order valence-corrected chi connectivity index (χ2v) is 9.39. The van der Waals surface area contributed by atoms with Gasteiger partial charge in [0, 0.05) is 12.1 Å². The van der Waals surface area contributed by atoms with Crippen LogP contribution in [0.15, 0.2) is 23.7 Å². The summed E-state index contributed by atoms with van der Waals surface area (Å²) in [6, 6.07) is 5.49. The van der Waals surface area contributed by atoms with Crippen molar-refractivity contribution >= 4 is 19.3 Å². The van der Waals surface area contributed by atoms with E-state index < -0.39 is 30.0 Å². The van der Waals surface area contributed by atoms with Gasteiger partial charge in [0.15, 0.2) is 0 Å². The highest BCUT2D eigenvalue weighted by molar-refractivity contribution is 6.56. The number of hydrogen-bond donors (Lipinski definition) is 2. The van der Waals surface area contributed by atoms with Crippen LogP contribution < -0.4 is 10.1 Å². The molecule has 0 spiro atoms. The summed E-state index contributed by atoms with van der Waals surface area (Å²) < 4.78 is 23.1. The molecule has 1 amide bonds. The maximum atomic E-state index is 12.2. The van der Waals surface area contributed by atoms with Gasteiger partial charge in [0.05, 0.1) is 24.9 Å². The van der Waals surface area contributed by atoms with Gasteiger partial charge in [-0.25, -0.2) is 4.79 Å². The van der Waals surface area contributed by atoms with Crippen molar-refractivity contribution in [3.05, 3.63) is 34.8 Å². The van der Waals surface area contributed by atoms with Crippen LogP contribution >= 0.6 is 0 Å². The van der Waals surface area contributed by atoms with Gasteiger partial charge >= 0.3 is 13.2 Å². The molecule has 0 atom stereocenters. The Morgan fingerprint density at radius 2 is 1.80 bits per heavy atom. The fourth-order valence-electron chi connectivity index (χ4n) is 2.88. The molecular formula is C22H34BNO6. The Bertz CT molecular complexity index is 781. The van der Waals surface area contributed by atoms with Crippen molar-refractivity contribution in [3.63, 3.8) is 0 Å². The minimum Gasteiger partial charge on any atom is -0.496 e. The predicted molar refractivity (Wildman–Crippen MR) is 117 cm³/mol. The number of hydrogen-bond acceptors (Lipinski definition) is 6. The molecule has 1 heterocycles. The number of aliphatic hydroxyl groups excluding tert-OH is 1. The van der Waals surface area contributed by atoms with Gasteiger partial charge in [-0.05, 0) is 65.6 Å². The van der Waals surface area contributed by atoms with Gasteiger partial charge in [-0.1, -0.05) is 18.2 Å². The Hall–Kier alpha value is -2.03. The maximum Gasteiger partial charge on any atom is 0.492 e. The van der Waals surface area contributed by atoms with Gasteiger partial charge in [0.2, 0.25) is 0 Å². The Labute approximate surface area is 179 Å². The topological polar surface area (TPSA) is 86.3 Å². The first-order chi connectivity index (χ1) is 13.8. The minimum absolute atomic E-state index is 0.114. The second kappa shape index (κ2) is 9.00. The quantitative estimate of drug-likeness (QED) is 0.684. The third-order valence-electron chi connectivity index (χ3n) is 5.23. The van der Waals surface area contributed by atoms with Crippen molar-refractivity contribution in [1.29, 1.82) is 0 Å². The standard InChI is InChI=1S/C22H34BNO6/c1-20(2,3)28-19(26)24-13-17(23-29-21(4,5)22(6,7)30-23)11-15-9-10-16(14-25)18(12-15)27-8/h9-12,25H,13-14H2,1-8H3,(H,24,26). The molecule has 0 unspecified atom stereocenters. The van der Waals surface area contributed by atoms with Crippen molar-refractivity contribution < 1.29 is 28.7 Å². The lowest BCUT2D eigenvalue weighted by atomic mass is 9.77. The number of aliphatic hydroxyl groups is 1. The number of nitrogens with one attached hydrogen (secondary N) is 1. The number of methoxy groups -OCH3 is 1. The summed E-state index contributed by atoms with van der Waals surface area (Å²) in [4.78, 5) is 12.2. The SMILES string of the molecule is COc1cc(C=C(CNC(=O)OC(C)(C)C)B2OC(C)(C)C(C)(C)O2)ccc1CO. The minimum atomic E-state index is -0.631. The van der Waals surface area contributed by atoms with E-state index >= 15 is 0 Å². The summed E-state index contributed by atoms with van der Waals surface area (Å²) in [6.45, 7) is 13.4. The van der Waals surface area contributed by atoms with Crippen LogP contribution in [0, 0.1) is 0 Å². The van der Waals surface area contributed by atoms with Crippen LogP contribution in [0.2, 0.25) is 0 Å². The molecule has 30 heavy (non-hydrogen) atoms. The van der Waals surface area contributed by atoms with E-state index in [9.17, 15) is 9.90 Å². The van der Waals surface area contributed by atoms with Gasteiger partial charge < -0.3 is 29.2 Å². The van der Waals surface area contributed by atoms with Crippen LogP contribution in [0.5, 0.6) is 5.75 Å². The van der Waals surface area contributed by atoms with E-state index in [1.165, 1.54) is 0 Å². The average molecular weight is 419 g/mol. The fourth-order valence-corrected chi connectivity index (χ4v) is 2.88. The third-order valence-corrected chi connectivity index (χ3v) is 5.23. The smallest absolute Gasteiger partial charge is 0.492 e. The molecule has 8 heteroatoms. The molecule has 1 aromatic carbocycles. The normalized spacial score (nSPS) is 18.3. The lowest BCUT2D eigenvalue weighted by Crippen LogP contribution is -2.41. The lowest BCUT2D eigenvalue weighted by Gasteiger charge is -2.32. The zero-order chi connectivity index (χ0) is 22.7. The van der Waals surface area contributed by atoms with E-state index in [4.69, 9.17) is 18.8 Å². The van der Waals surface area contributed by atoms with Crippen molar-refractivity contribution in [2.75, 3.05) is 13.7 Å². The Morgan fingerprint density at radius 1 is 1.20 bits per heavy atom. The molecule has 0 aliphatic carbocycles. The van der Waals surface area contributed by atoms with Crippen LogP contribution in [-0.2, 0) is 20.7 Å². The molecule has 0 bridgehead atoms. The molecule has 1 aliphatic rings.